The summed E-state index contributed by atoms with van der Waals surface area (Å²) in [7, 11) is 0. The number of nitrogens with one attached hydrogen (secondary N) is 1. The van der Waals surface area contributed by atoms with Gasteiger partial charge in [0.2, 0.25) is 0 Å². The van der Waals surface area contributed by atoms with Crippen LogP contribution in [0.2, 0.25) is 0 Å². The molecule has 2 rings (SSSR count). The molecular weight excluding hydrogens is 192 g/mol. The lowest BCUT2D eigenvalue weighted by Crippen LogP contribution is -2.11. The summed E-state index contributed by atoms with van der Waals surface area (Å²) in [5.74, 6) is 1.20. The van der Waals surface area contributed by atoms with Crippen molar-refractivity contribution < 1.29 is 0 Å². The number of nitrogen functional groups attached to an aromatic ring is 1. The fraction of sp³-hybridized carbons (Fsp3) is 0.222. The van der Waals surface area contributed by atoms with Crippen molar-refractivity contribution in [3.8, 4) is 0 Å². The van der Waals surface area contributed by atoms with Crippen molar-refractivity contribution >= 4 is 11.6 Å². The van der Waals surface area contributed by atoms with Gasteiger partial charge in [0.15, 0.2) is 0 Å². The molecule has 0 amide bonds. The lowest BCUT2D eigenvalue weighted by molar-refractivity contribution is 0.637. The normalized spacial score (nSPS) is 10.1. The molecule has 15 heavy (non-hydrogen) atoms. The second-order valence-corrected chi connectivity index (χ2v) is 3.02. The van der Waals surface area contributed by atoms with Gasteiger partial charge in [-0.3, -0.25) is 4.68 Å². The van der Waals surface area contributed by atoms with Gasteiger partial charge in [-0.1, -0.05) is 0 Å². The first-order valence-corrected chi connectivity index (χ1v) is 4.63. The van der Waals surface area contributed by atoms with Crippen LogP contribution < -0.4 is 11.1 Å². The summed E-state index contributed by atoms with van der Waals surface area (Å²) in [4.78, 5) is 7.83. The average Bonchev–Trinajstić information content (AvgIpc) is 2.71. The van der Waals surface area contributed by atoms with E-state index in [1.54, 1.807) is 12.3 Å². The van der Waals surface area contributed by atoms with Crippen molar-refractivity contribution in [3.05, 3.63) is 30.9 Å². The Morgan fingerprint density at radius 2 is 2.33 bits per heavy atom. The van der Waals surface area contributed by atoms with Gasteiger partial charge in [0, 0.05) is 25.0 Å². The van der Waals surface area contributed by atoms with E-state index in [0.29, 0.717) is 5.82 Å². The highest BCUT2D eigenvalue weighted by Gasteiger charge is 1.95. The Morgan fingerprint density at radius 3 is 3.07 bits per heavy atom. The third-order valence-corrected chi connectivity index (χ3v) is 1.89. The van der Waals surface area contributed by atoms with Crippen LogP contribution in [0.3, 0.4) is 0 Å². The zero-order chi connectivity index (χ0) is 10.5. The predicted molar refractivity (Wildman–Crippen MR) is 57.2 cm³/mol. The summed E-state index contributed by atoms with van der Waals surface area (Å²) in [5, 5.41) is 7.22. The lowest BCUT2D eigenvalue weighted by Gasteiger charge is -2.05. The standard InChI is InChI=1S/C9H12N6/c10-8-6-9(13-7-12-8)11-3-5-15-4-1-2-14-15/h1-2,4,6-7H,3,5H2,(H3,10,11,12,13). The fourth-order valence-electron chi connectivity index (χ4n) is 1.20. The highest BCUT2D eigenvalue weighted by Crippen LogP contribution is 2.03. The molecule has 6 heteroatoms. The van der Waals surface area contributed by atoms with Gasteiger partial charge in [0.1, 0.15) is 18.0 Å². The van der Waals surface area contributed by atoms with Crippen LogP contribution in [-0.2, 0) is 6.54 Å². The molecule has 0 radical (unpaired) electrons. The van der Waals surface area contributed by atoms with E-state index < -0.39 is 0 Å². The molecule has 0 saturated carbocycles. The largest absolute Gasteiger partial charge is 0.384 e. The van der Waals surface area contributed by atoms with Gasteiger partial charge in [0.05, 0.1) is 6.54 Å². The Kier molecular flexibility index (Phi) is 2.77. The summed E-state index contributed by atoms with van der Waals surface area (Å²) in [6.45, 7) is 1.54. The van der Waals surface area contributed by atoms with Gasteiger partial charge in [-0.25, -0.2) is 9.97 Å². The van der Waals surface area contributed by atoms with Gasteiger partial charge in [0.25, 0.3) is 0 Å². The summed E-state index contributed by atoms with van der Waals surface area (Å²) >= 11 is 0. The minimum atomic E-state index is 0.464. The van der Waals surface area contributed by atoms with Crippen molar-refractivity contribution in [2.75, 3.05) is 17.6 Å². The maximum atomic E-state index is 5.52. The van der Waals surface area contributed by atoms with Crippen molar-refractivity contribution in [1.29, 1.82) is 0 Å². The summed E-state index contributed by atoms with van der Waals surface area (Å²) in [5.41, 5.74) is 5.52. The van der Waals surface area contributed by atoms with Gasteiger partial charge in [-0.15, -0.1) is 0 Å². The maximum absolute atomic E-state index is 5.52. The van der Waals surface area contributed by atoms with Crippen LogP contribution in [0.25, 0.3) is 0 Å². The topological polar surface area (TPSA) is 81.6 Å². The molecule has 0 aliphatic carbocycles. The number of hydrogen-bond donors (Lipinski definition) is 2. The minimum absolute atomic E-state index is 0.464. The second-order valence-electron chi connectivity index (χ2n) is 3.02. The summed E-state index contributed by atoms with van der Waals surface area (Å²) in [6.07, 6.45) is 5.10. The molecule has 0 aliphatic rings. The highest BCUT2D eigenvalue weighted by atomic mass is 15.3. The molecule has 3 N–H and O–H groups in total. The zero-order valence-corrected chi connectivity index (χ0v) is 8.17. The van der Waals surface area contributed by atoms with Crippen molar-refractivity contribution in [3.63, 3.8) is 0 Å². The van der Waals surface area contributed by atoms with Gasteiger partial charge in [-0.05, 0) is 6.07 Å². The molecular formula is C9H12N6. The van der Waals surface area contributed by atoms with Crippen LogP contribution in [0, 0.1) is 0 Å². The quantitative estimate of drug-likeness (QED) is 0.751. The second kappa shape index (κ2) is 4.41. The molecule has 0 atom stereocenters. The molecule has 2 aromatic heterocycles. The van der Waals surface area contributed by atoms with Crippen LogP contribution in [0.15, 0.2) is 30.9 Å². The van der Waals surface area contributed by atoms with E-state index in [2.05, 4.69) is 20.4 Å². The molecule has 0 aliphatic heterocycles. The molecule has 2 heterocycles. The number of nitrogens with two attached hydrogens (primary N) is 1. The zero-order valence-electron chi connectivity index (χ0n) is 8.17. The van der Waals surface area contributed by atoms with E-state index in [0.717, 1.165) is 18.9 Å². The molecule has 0 aromatic carbocycles. The third kappa shape index (κ3) is 2.67. The molecule has 6 nitrogen and oxygen atoms in total. The fourth-order valence-corrected chi connectivity index (χ4v) is 1.20. The van der Waals surface area contributed by atoms with E-state index in [1.807, 2.05) is 16.9 Å². The van der Waals surface area contributed by atoms with Gasteiger partial charge >= 0.3 is 0 Å². The summed E-state index contributed by atoms with van der Waals surface area (Å²) in [6, 6.07) is 3.59. The monoisotopic (exact) mass is 204 g/mol. The number of nitrogens with zero attached hydrogens (tertiary/aromatic N) is 4. The van der Waals surface area contributed by atoms with Crippen molar-refractivity contribution in [1.82, 2.24) is 19.7 Å². The molecule has 0 saturated heterocycles. The van der Waals surface area contributed by atoms with E-state index >= 15 is 0 Å². The van der Waals surface area contributed by atoms with E-state index in [4.69, 9.17) is 5.73 Å². The van der Waals surface area contributed by atoms with E-state index in [1.165, 1.54) is 6.33 Å². The number of hydrogen-bond acceptors (Lipinski definition) is 5. The SMILES string of the molecule is Nc1cc(NCCn2cccn2)ncn1. The molecule has 2 aromatic rings. The molecule has 0 fully saturated rings. The van der Waals surface area contributed by atoms with Crippen LogP contribution in [0.4, 0.5) is 11.6 Å². The number of anilines is 2. The predicted octanol–water partition coefficient (Wildman–Crippen LogP) is 0.367. The summed E-state index contributed by atoms with van der Waals surface area (Å²) < 4.78 is 1.84. The van der Waals surface area contributed by atoms with Crippen molar-refractivity contribution in [2.24, 2.45) is 0 Å². The maximum Gasteiger partial charge on any atom is 0.131 e. The van der Waals surface area contributed by atoms with E-state index in [-0.39, 0.29) is 0 Å². The first kappa shape index (κ1) is 9.45. The minimum Gasteiger partial charge on any atom is -0.384 e. The lowest BCUT2D eigenvalue weighted by atomic mass is 10.5. The average molecular weight is 204 g/mol. The van der Waals surface area contributed by atoms with Crippen molar-refractivity contribution in [2.45, 2.75) is 6.54 Å². The van der Waals surface area contributed by atoms with Gasteiger partial charge < -0.3 is 11.1 Å². The van der Waals surface area contributed by atoms with Crippen LogP contribution in [0.1, 0.15) is 0 Å². The third-order valence-electron chi connectivity index (χ3n) is 1.89. The highest BCUT2D eigenvalue weighted by molar-refractivity contribution is 5.42. The van der Waals surface area contributed by atoms with Crippen LogP contribution in [0.5, 0.6) is 0 Å². The van der Waals surface area contributed by atoms with Gasteiger partial charge in [-0.2, -0.15) is 5.10 Å². The van der Waals surface area contributed by atoms with Crippen LogP contribution >= 0.6 is 0 Å². The molecule has 0 spiro atoms. The first-order chi connectivity index (χ1) is 7.34. The van der Waals surface area contributed by atoms with E-state index in [9.17, 15) is 0 Å². The Bertz CT molecular complexity index is 410. The Hall–Kier alpha value is -2.11. The molecule has 78 valence electrons. The number of aromatic nitrogens is 4. The first-order valence-electron chi connectivity index (χ1n) is 4.63. The number of rotatable bonds is 4. The smallest absolute Gasteiger partial charge is 0.131 e. The van der Waals surface area contributed by atoms with Crippen LogP contribution in [-0.4, -0.2) is 26.3 Å². The Labute approximate surface area is 87.2 Å². The molecule has 0 bridgehead atoms. The Morgan fingerprint density at radius 1 is 1.40 bits per heavy atom. The molecule has 0 unspecified atom stereocenters. The Balaban J connectivity index is 1.83.